The van der Waals surface area contributed by atoms with E-state index in [1.54, 1.807) is 0 Å². The molecule has 0 aromatic carbocycles. The first-order chi connectivity index (χ1) is 5.10. The lowest BCUT2D eigenvalue weighted by molar-refractivity contribution is 0.177. The van der Waals surface area contributed by atoms with Crippen LogP contribution in [0.5, 0.6) is 0 Å². The summed E-state index contributed by atoms with van der Waals surface area (Å²) in [6, 6.07) is -0.215. The molecule has 0 aliphatic rings. The summed E-state index contributed by atoms with van der Waals surface area (Å²) in [7, 11) is 1.84. The first-order valence-corrected chi connectivity index (χ1v) is 4.42. The average Bonchev–Trinajstić information content (AvgIpc) is 2.00. The zero-order valence-corrected chi connectivity index (χ0v) is 7.93. The Morgan fingerprint density at radius 3 is 2.09 bits per heavy atom. The Balaban J connectivity index is 4.16. The van der Waals surface area contributed by atoms with Crippen molar-refractivity contribution in [1.82, 2.24) is 0 Å². The van der Waals surface area contributed by atoms with E-state index in [1.807, 2.05) is 13.9 Å². The van der Waals surface area contributed by atoms with Crippen molar-refractivity contribution in [3.05, 3.63) is 12.7 Å². The molecular formula is C9H19BO. The lowest BCUT2D eigenvalue weighted by Crippen LogP contribution is -2.23. The number of hydrogen-bond acceptors (Lipinski definition) is 1. The van der Waals surface area contributed by atoms with Gasteiger partial charge in [0.2, 0.25) is 0 Å². The van der Waals surface area contributed by atoms with Gasteiger partial charge in [0.05, 0.1) is 0 Å². The van der Waals surface area contributed by atoms with Crippen molar-refractivity contribution in [3.63, 3.8) is 0 Å². The normalized spacial score (nSPS) is 14.5. The molecule has 0 spiro atoms. The number of hydrogen-bond donors (Lipinski definition) is 1. The minimum atomic E-state index is -0.215. The third-order valence-electron chi connectivity index (χ3n) is 2.54. The first kappa shape index (κ1) is 10.8. The van der Waals surface area contributed by atoms with Gasteiger partial charge in [-0.25, -0.2) is 0 Å². The maximum Gasteiger partial charge on any atom is 0.138 e. The molecule has 0 aromatic rings. The van der Waals surface area contributed by atoms with Gasteiger partial charge in [0.15, 0.2) is 0 Å². The zero-order chi connectivity index (χ0) is 8.91. The largest absolute Gasteiger partial charge is 0.402 e. The second-order valence-electron chi connectivity index (χ2n) is 3.33. The van der Waals surface area contributed by atoms with Crippen LogP contribution in [0.25, 0.3) is 0 Å². The summed E-state index contributed by atoms with van der Waals surface area (Å²) < 4.78 is 0. The quantitative estimate of drug-likeness (QED) is 0.467. The van der Waals surface area contributed by atoms with Gasteiger partial charge in [0.1, 0.15) is 7.85 Å². The molecule has 0 aliphatic carbocycles. The molecule has 0 radical (unpaired) electrons. The molecule has 0 heterocycles. The molecule has 1 atom stereocenters. The molecule has 0 rings (SSSR count). The molecule has 0 fully saturated rings. The van der Waals surface area contributed by atoms with Crippen LogP contribution in [0.4, 0.5) is 0 Å². The van der Waals surface area contributed by atoms with E-state index in [1.165, 1.54) is 0 Å². The van der Waals surface area contributed by atoms with E-state index in [0.29, 0.717) is 0 Å². The standard InChI is InChI=1S/C9H19BO/c1-4-9(5-2,6-3)7-8(10)11/h4,8,11H,1,5-7,10H2,2-3H3. The lowest BCUT2D eigenvalue weighted by atomic mass is 9.74. The van der Waals surface area contributed by atoms with Crippen molar-refractivity contribution in [3.8, 4) is 0 Å². The topological polar surface area (TPSA) is 20.2 Å². The predicted octanol–water partition coefficient (Wildman–Crippen LogP) is 1.32. The van der Waals surface area contributed by atoms with E-state index in [2.05, 4.69) is 20.4 Å². The van der Waals surface area contributed by atoms with E-state index in [0.717, 1.165) is 19.3 Å². The molecule has 0 bridgehead atoms. The third-order valence-corrected chi connectivity index (χ3v) is 2.54. The van der Waals surface area contributed by atoms with Crippen molar-refractivity contribution >= 4 is 7.85 Å². The van der Waals surface area contributed by atoms with Gasteiger partial charge in [-0.15, -0.1) is 6.58 Å². The predicted molar refractivity (Wildman–Crippen MR) is 52.4 cm³/mol. The van der Waals surface area contributed by atoms with Crippen molar-refractivity contribution in [1.29, 1.82) is 0 Å². The Kier molecular flexibility index (Phi) is 4.51. The van der Waals surface area contributed by atoms with Gasteiger partial charge in [-0.3, -0.25) is 0 Å². The van der Waals surface area contributed by atoms with Crippen molar-refractivity contribution in [2.45, 2.75) is 39.1 Å². The molecule has 0 aromatic heterocycles. The van der Waals surface area contributed by atoms with Gasteiger partial charge in [-0.2, -0.15) is 0 Å². The van der Waals surface area contributed by atoms with Gasteiger partial charge in [-0.1, -0.05) is 19.9 Å². The molecular weight excluding hydrogens is 135 g/mol. The zero-order valence-electron chi connectivity index (χ0n) is 7.93. The molecule has 0 amide bonds. The fraction of sp³-hybridized carbons (Fsp3) is 0.778. The van der Waals surface area contributed by atoms with Crippen LogP contribution >= 0.6 is 0 Å². The van der Waals surface area contributed by atoms with Crippen LogP contribution in [0, 0.1) is 5.41 Å². The van der Waals surface area contributed by atoms with Gasteiger partial charge in [0.25, 0.3) is 0 Å². The van der Waals surface area contributed by atoms with Crippen LogP contribution in [-0.2, 0) is 0 Å². The Bertz CT molecular complexity index is 117. The SMILES string of the molecule is BC(O)CC(C=C)(CC)CC. The fourth-order valence-corrected chi connectivity index (χ4v) is 1.50. The maximum absolute atomic E-state index is 9.23. The Morgan fingerprint density at radius 1 is 1.55 bits per heavy atom. The summed E-state index contributed by atoms with van der Waals surface area (Å²) in [5.74, 6) is 0. The molecule has 0 saturated heterocycles. The monoisotopic (exact) mass is 154 g/mol. The van der Waals surface area contributed by atoms with Crippen LogP contribution in [-0.4, -0.2) is 19.0 Å². The first-order valence-electron chi connectivity index (χ1n) is 4.42. The Hall–Kier alpha value is -0.235. The van der Waals surface area contributed by atoms with E-state index < -0.39 is 0 Å². The number of allylic oxidation sites excluding steroid dienone is 1. The lowest BCUT2D eigenvalue weighted by Gasteiger charge is -2.29. The molecule has 2 heteroatoms. The van der Waals surface area contributed by atoms with E-state index >= 15 is 0 Å². The molecule has 11 heavy (non-hydrogen) atoms. The highest BCUT2D eigenvalue weighted by Gasteiger charge is 2.23. The molecule has 1 unspecified atom stereocenters. The average molecular weight is 154 g/mol. The molecule has 0 aliphatic heterocycles. The fourth-order valence-electron chi connectivity index (χ4n) is 1.50. The van der Waals surface area contributed by atoms with Gasteiger partial charge < -0.3 is 5.11 Å². The van der Waals surface area contributed by atoms with E-state index in [-0.39, 0.29) is 11.4 Å². The molecule has 1 nitrogen and oxygen atoms in total. The highest BCUT2D eigenvalue weighted by molar-refractivity contribution is 6.10. The number of rotatable bonds is 5. The maximum atomic E-state index is 9.23. The van der Waals surface area contributed by atoms with Crippen molar-refractivity contribution < 1.29 is 5.11 Å². The van der Waals surface area contributed by atoms with Crippen molar-refractivity contribution in [2.24, 2.45) is 5.41 Å². The van der Waals surface area contributed by atoms with Gasteiger partial charge >= 0.3 is 0 Å². The minimum Gasteiger partial charge on any atom is -0.402 e. The minimum absolute atomic E-state index is 0.161. The third kappa shape index (κ3) is 3.11. The molecule has 1 N–H and O–H groups in total. The van der Waals surface area contributed by atoms with E-state index in [9.17, 15) is 5.11 Å². The summed E-state index contributed by atoms with van der Waals surface area (Å²) in [5.41, 5.74) is 0.161. The highest BCUT2D eigenvalue weighted by Crippen LogP contribution is 2.32. The number of aliphatic hydroxyl groups is 1. The summed E-state index contributed by atoms with van der Waals surface area (Å²) >= 11 is 0. The Morgan fingerprint density at radius 2 is 2.00 bits per heavy atom. The summed E-state index contributed by atoms with van der Waals surface area (Å²) in [6.07, 6.45) is 4.96. The van der Waals surface area contributed by atoms with Crippen molar-refractivity contribution in [2.75, 3.05) is 0 Å². The summed E-state index contributed by atoms with van der Waals surface area (Å²) in [4.78, 5) is 0. The second kappa shape index (κ2) is 4.60. The second-order valence-corrected chi connectivity index (χ2v) is 3.33. The van der Waals surface area contributed by atoms with Crippen LogP contribution in [0.3, 0.4) is 0 Å². The van der Waals surface area contributed by atoms with Gasteiger partial charge in [0, 0.05) is 6.00 Å². The number of aliphatic hydroxyl groups excluding tert-OH is 1. The Labute approximate surface area is 70.9 Å². The summed E-state index contributed by atoms with van der Waals surface area (Å²) in [6.45, 7) is 8.11. The van der Waals surface area contributed by atoms with E-state index in [4.69, 9.17) is 0 Å². The highest BCUT2D eigenvalue weighted by atomic mass is 16.3. The van der Waals surface area contributed by atoms with Crippen LogP contribution in [0.1, 0.15) is 33.1 Å². The van der Waals surface area contributed by atoms with Crippen LogP contribution < -0.4 is 0 Å². The van der Waals surface area contributed by atoms with Crippen LogP contribution in [0.15, 0.2) is 12.7 Å². The molecule has 64 valence electrons. The van der Waals surface area contributed by atoms with Crippen LogP contribution in [0.2, 0.25) is 0 Å². The summed E-state index contributed by atoms with van der Waals surface area (Å²) in [5, 5.41) is 9.23. The smallest absolute Gasteiger partial charge is 0.138 e. The van der Waals surface area contributed by atoms with Gasteiger partial charge in [-0.05, 0) is 24.7 Å². The molecule has 0 saturated carbocycles.